The Morgan fingerprint density at radius 3 is 2.54 bits per heavy atom. The highest BCUT2D eigenvalue weighted by atomic mass is 32.1. The lowest BCUT2D eigenvalue weighted by molar-refractivity contribution is 0.0697. The van der Waals surface area contributed by atoms with Crippen LogP contribution in [0.5, 0.6) is 0 Å². The Morgan fingerprint density at radius 1 is 1.04 bits per heavy atom. The van der Waals surface area contributed by atoms with Gasteiger partial charge in [-0.15, -0.1) is 11.3 Å². The number of carbonyl (C=O) groups is 1. The van der Waals surface area contributed by atoms with Crippen LogP contribution in [0.4, 0.5) is 5.82 Å². The molecule has 2 aromatic heterocycles. The van der Waals surface area contributed by atoms with Crippen molar-refractivity contribution in [2.24, 2.45) is 0 Å². The van der Waals surface area contributed by atoms with E-state index in [0.29, 0.717) is 6.54 Å². The number of nitrogens with zero attached hydrogens (tertiary/aromatic N) is 2. The maximum absolute atomic E-state index is 10.9. The maximum atomic E-state index is 10.9. The molecule has 2 heterocycles. The Balaban J connectivity index is 1.64. The third-order valence-corrected chi connectivity index (χ3v) is 5.00. The van der Waals surface area contributed by atoms with Crippen LogP contribution in [0, 0.1) is 0 Å². The number of rotatable bonds is 5. The summed E-state index contributed by atoms with van der Waals surface area (Å²) < 4.78 is 0. The Kier molecular flexibility index (Phi) is 4.33. The van der Waals surface area contributed by atoms with Crippen molar-refractivity contribution < 1.29 is 9.90 Å². The van der Waals surface area contributed by atoms with Gasteiger partial charge in [-0.25, -0.2) is 14.8 Å². The second-order valence-corrected chi connectivity index (χ2v) is 6.63. The van der Waals surface area contributed by atoms with Crippen LogP contribution in [0.25, 0.3) is 21.3 Å². The molecule has 0 atom stereocenters. The van der Waals surface area contributed by atoms with Gasteiger partial charge in [0.25, 0.3) is 0 Å². The number of benzene rings is 2. The van der Waals surface area contributed by atoms with E-state index in [1.807, 2.05) is 18.2 Å². The van der Waals surface area contributed by atoms with Crippen molar-refractivity contribution in [3.8, 4) is 11.1 Å². The van der Waals surface area contributed by atoms with Crippen LogP contribution in [0.3, 0.4) is 0 Å². The number of hydrogen-bond donors (Lipinski definition) is 2. The summed E-state index contributed by atoms with van der Waals surface area (Å²) in [7, 11) is 0. The molecule has 4 aromatic rings. The quantitative estimate of drug-likeness (QED) is 0.540. The minimum Gasteiger partial charge on any atom is -0.478 e. The van der Waals surface area contributed by atoms with E-state index in [4.69, 9.17) is 5.11 Å². The first-order valence-corrected chi connectivity index (χ1v) is 8.94. The first kappa shape index (κ1) is 16.2. The molecule has 0 aliphatic rings. The molecule has 0 radical (unpaired) electrons. The zero-order valence-electron chi connectivity index (χ0n) is 13.7. The highest BCUT2D eigenvalue weighted by Gasteiger charge is 2.13. The van der Waals surface area contributed by atoms with Crippen molar-refractivity contribution in [3.63, 3.8) is 0 Å². The van der Waals surface area contributed by atoms with Gasteiger partial charge >= 0.3 is 5.97 Å². The lowest BCUT2D eigenvalue weighted by Gasteiger charge is -2.09. The van der Waals surface area contributed by atoms with Gasteiger partial charge in [0, 0.05) is 17.5 Å². The van der Waals surface area contributed by atoms with Gasteiger partial charge in [0.15, 0.2) is 0 Å². The Hall–Kier alpha value is -3.25. The van der Waals surface area contributed by atoms with Crippen LogP contribution in [0.15, 0.2) is 66.3 Å². The minimum atomic E-state index is -0.923. The number of fused-ring (bicyclic) bond motifs is 1. The average molecular weight is 361 g/mol. The van der Waals surface area contributed by atoms with E-state index >= 15 is 0 Å². The molecule has 0 amide bonds. The summed E-state index contributed by atoms with van der Waals surface area (Å²) in [5.41, 5.74) is 3.50. The van der Waals surface area contributed by atoms with Gasteiger partial charge in [0.05, 0.1) is 10.9 Å². The molecule has 5 nitrogen and oxygen atoms in total. The first-order chi connectivity index (χ1) is 12.7. The second kappa shape index (κ2) is 6.93. The summed E-state index contributed by atoms with van der Waals surface area (Å²) in [6, 6.07) is 17.0. The summed E-state index contributed by atoms with van der Waals surface area (Å²) >= 11 is 1.59. The van der Waals surface area contributed by atoms with Gasteiger partial charge in [0.1, 0.15) is 17.0 Å². The van der Waals surface area contributed by atoms with Crippen LogP contribution >= 0.6 is 11.3 Å². The number of anilines is 1. The predicted octanol–water partition coefficient (Wildman–Crippen LogP) is 4.67. The molecule has 0 saturated carbocycles. The van der Waals surface area contributed by atoms with E-state index in [0.717, 1.165) is 32.7 Å². The SMILES string of the molecule is O=C(O)c1ccc(CNc2ncnc3scc(-c4ccccc4)c23)cc1. The molecule has 128 valence electrons. The average Bonchev–Trinajstić information content (AvgIpc) is 3.12. The zero-order chi connectivity index (χ0) is 17.9. The topological polar surface area (TPSA) is 75.1 Å². The van der Waals surface area contributed by atoms with Crippen LogP contribution in [0.2, 0.25) is 0 Å². The second-order valence-electron chi connectivity index (χ2n) is 5.77. The molecule has 0 spiro atoms. The third kappa shape index (κ3) is 3.14. The van der Waals surface area contributed by atoms with Crippen molar-refractivity contribution >= 4 is 33.3 Å². The van der Waals surface area contributed by atoms with Crippen molar-refractivity contribution in [1.82, 2.24) is 9.97 Å². The lowest BCUT2D eigenvalue weighted by Crippen LogP contribution is -2.03. The van der Waals surface area contributed by atoms with E-state index in [1.165, 1.54) is 0 Å². The van der Waals surface area contributed by atoms with Gasteiger partial charge in [-0.2, -0.15) is 0 Å². The fourth-order valence-electron chi connectivity index (χ4n) is 2.79. The molecule has 0 aliphatic heterocycles. The van der Waals surface area contributed by atoms with Gasteiger partial charge < -0.3 is 10.4 Å². The summed E-state index contributed by atoms with van der Waals surface area (Å²) in [5.74, 6) is -0.148. The van der Waals surface area contributed by atoms with Crippen molar-refractivity contribution in [3.05, 3.63) is 77.4 Å². The molecule has 0 saturated heterocycles. The van der Waals surface area contributed by atoms with E-state index in [9.17, 15) is 4.79 Å². The monoisotopic (exact) mass is 361 g/mol. The molecule has 0 fully saturated rings. The molecular formula is C20H15N3O2S. The normalized spacial score (nSPS) is 10.8. The summed E-state index contributed by atoms with van der Waals surface area (Å²) in [6.07, 6.45) is 1.56. The predicted molar refractivity (Wildman–Crippen MR) is 104 cm³/mol. The Bertz CT molecular complexity index is 1060. The maximum Gasteiger partial charge on any atom is 0.335 e. The Morgan fingerprint density at radius 2 is 1.81 bits per heavy atom. The van der Waals surface area contributed by atoms with Gasteiger partial charge in [-0.1, -0.05) is 42.5 Å². The molecule has 0 aliphatic carbocycles. The number of hydrogen-bond acceptors (Lipinski definition) is 5. The fraction of sp³-hybridized carbons (Fsp3) is 0.0500. The highest BCUT2D eigenvalue weighted by Crippen LogP contribution is 2.36. The van der Waals surface area contributed by atoms with E-state index in [2.05, 4.69) is 32.8 Å². The van der Waals surface area contributed by atoms with Crippen LogP contribution in [-0.2, 0) is 6.54 Å². The van der Waals surface area contributed by atoms with Gasteiger partial charge in [0.2, 0.25) is 0 Å². The number of aromatic carboxylic acids is 1. The lowest BCUT2D eigenvalue weighted by atomic mass is 10.1. The first-order valence-electron chi connectivity index (χ1n) is 8.06. The van der Waals surface area contributed by atoms with E-state index < -0.39 is 5.97 Å². The molecular weight excluding hydrogens is 346 g/mol. The minimum absolute atomic E-state index is 0.280. The van der Waals surface area contributed by atoms with Crippen LogP contribution in [-0.4, -0.2) is 21.0 Å². The molecule has 0 bridgehead atoms. The number of thiophene rings is 1. The number of nitrogens with one attached hydrogen (secondary N) is 1. The standard InChI is InChI=1S/C20H15N3O2S/c24-20(25)15-8-6-13(7-9-15)10-21-18-17-16(14-4-2-1-3-5-14)11-26-19(17)23-12-22-18/h1-9,11-12H,10H2,(H,24,25)(H,21,22,23). The molecule has 2 aromatic carbocycles. The third-order valence-electron chi connectivity index (χ3n) is 4.12. The molecule has 4 rings (SSSR count). The number of carboxylic acids is 1. The van der Waals surface area contributed by atoms with E-state index in [-0.39, 0.29) is 5.56 Å². The molecule has 2 N–H and O–H groups in total. The summed E-state index contributed by atoms with van der Waals surface area (Å²) in [4.78, 5) is 20.7. The number of carboxylic acid groups (broad SMARTS) is 1. The zero-order valence-corrected chi connectivity index (χ0v) is 14.5. The molecule has 0 unspecified atom stereocenters. The van der Waals surface area contributed by atoms with Crippen molar-refractivity contribution in [1.29, 1.82) is 0 Å². The summed E-state index contributed by atoms with van der Waals surface area (Å²) in [6.45, 7) is 0.552. The fourth-order valence-corrected chi connectivity index (χ4v) is 3.71. The number of aromatic nitrogens is 2. The van der Waals surface area contributed by atoms with Gasteiger partial charge in [-0.05, 0) is 23.3 Å². The van der Waals surface area contributed by atoms with Crippen LogP contribution in [0.1, 0.15) is 15.9 Å². The molecule has 6 heteroatoms. The Labute approximate surface area is 154 Å². The van der Waals surface area contributed by atoms with Crippen LogP contribution < -0.4 is 5.32 Å². The highest BCUT2D eigenvalue weighted by molar-refractivity contribution is 7.17. The smallest absolute Gasteiger partial charge is 0.335 e. The summed E-state index contributed by atoms with van der Waals surface area (Å²) in [5, 5.41) is 15.4. The van der Waals surface area contributed by atoms with E-state index in [1.54, 1.807) is 41.9 Å². The molecule has 26 heavy (non-hydrogen) atoms. The van der Waals surface area contributed by atoms with Crippen molar-refractivity contribution in [2.45, 2.75) is 6.54 Å². The largest absolute Gasteiger partial charge is 0.478 e. The van der Waals surface area contributed by atoms with Crippen molar-refractivity contribution in [2.75, 3.05) is 5.32 Å². The van der Waals surface area contributed by atoms with Gasteiger partial charge in [-0.3, -0.25) is 0 Å².